The zero-order valence-electron chi connectivity index (χ0n) is 44.7. The Morgan fingerprint density at radius 1 is 0.389 bits per heavy atom. The fourth-order valence-electron chi connectivity index (χ4n) is 10.3. The van der Waals surface area contributed by atoms with E-state index in [0.29, 0.717) is 11.8 Å². The molecule has 3 nitrogen and oxygen atoms in total. The van der Waals surface area contributed by atoms with E-state index in [4.69, 9.17) is 0 Å². The minimum absolute atomic E-state index is 0.573. The van der Waals surface area contributed by atoms with Crippen LogP contribution >= 0.6 is 0 Å². The maximum Gasteiger partial charge on any atom is 0.212 e. The number of rotatable bonds is 10. The molecule has 1 fully saturated rings. The molecule has 0 saturated heterocycles. The predicted molar refractivity (Wildman–Crippen MR) is 304 cm³/mol. The lowest BCUT2D eigenvalue weighted by molar-refractivity contribution is -0.660. The first kappa shape index (κ1) is 51.1. The third-order valence-corrected chi connectivity index (χ3v) is 14.6. The molecule has 0 aliphatic heterocycles. The highest BCUT2D eigenvalue weighted by Gasteiger charge is 2.19. The summed E-state index contributed by atoms with van der Waals surface area (Å²) in [6, 6.07) is 66.1. The Morgan fingerprint density at radius 3 is 1.06 bits per heavy atom. The van der Waals surface area contributed by atoms with Crippen LogP contribution in [0.3, 0.4) is 0 Å². The Labute approximate surface area is 432 Å². The Bertz CT molecular complexity index is 3210. The van der Waals surface area contributed by atoms with Crippen LogP contribution in [0.1, 0.15) is 98.6 Å². The first-order valence-electron chi connectivity index (χ1n) is 26.3. The Morgan fingerprint density at radius 2 is 0.722 bits per heavy atom. The average molecular weight is 947 g/mol. The molecule has 0 atom stereocenters. The van der Waals surface area contributed by atoms with Gasteiger partial charge in [-0.2, -0.15) is 0 Å². The van der Waals surface area contributed by atoms with Gasteiger partial charge < -0.3 is 0 Å². The molecule has 10 rings (SSSR count). The maximum absolute atomic E-state index is 2.33. The molecule has 3 heteroatoms. The lowest BCUT2D eigenvalue weighted by atomic mass is 9.95. The molecule has 0 spiro atoms. The first-order chi connectivity index (χ1) is 34.8. The molecule has 3 aromatic heterocycles. The van der Waals surface area contributed by atoms with Gasteiger partial charge in [-0.15, -0.1) is 0 Å². The fourth-order valence-corrected chi connectivity index (χ4v) is 10.3. The molecular formula is C69H76N3+3. The molecule has 0 amide bonds. The van der Waals surface area contributed by atoms with Crippen LogP contribution in [0, 0.1) is 26.7 Å². The summed E-state index contributed by atoms with van der Waals surface area (Å²) >= 11 is 0. The summed E-state index contributed by atoms with van der Waals surface area (Å²) in [5.74, 6) is 2.05. The van der Waals surface area contributed by atoms with Crippen molar-refractivity contribution in [3.63, 3.8) is 0 Å². The topological polar surface area (TPSA) is 11.6 Å². The second kappa shape index (κ2) is 23.8. The molecule has 1 aliphatic rings. The number of hydrogen-bond acceptors (Lipinski definition) is 0. The van der Waals surface area contributed by atoms with Crippen molar-refractivity contribution < 1.29 is 13.7 Å². The minimum Gasteiger partial charge on any atom is -0.200 e. The van der Waals surface area contributed by atoms with Crippen molar-refractivity contribution in [2.24, 2.45) is 27.1 Å². The van der Waals surface area contributed by atoms with E-state index < -0.39 is 0 Å². The summed E-state index contributed by atoms with van der Waals surface area (Å²) in [5.41, 5.74) is 23.5. The number of nitrogens with zero attached hydrogens (tertiary/aromatic N) is 3. The van der Waals surface area contributed by atoms with E-state index in [2.05, 4.69) is 284 Å². The van der Waals surface area contributed by atoms with Crippen LogP contribution in [0.2, 0.25) is 0 Å². The molecular weight excluding hydrogens is 871 g/mol. The van der Waals surface area contributed by atoms with Crippen molar-refractivity contribution in [2.75, 3.05) is 0 Å². The van der Waals surface area contributed by atoms with Crippen LogP contribution in [-0.2, 0) is 27.6 Å². The molecule has 3 heterocycles. The van der Waals surface area contributed by atoms with Crippen molar-refractivity contribution in [1.29, 1.82) is 0 Å². The van der Waals surface area contributed by atoms with Gasteiger partial charge in [0, 0.05) is 51.6 Å². The van der Waals surface area contributed by atoms with Gasteiger partial charge in [0.15, 0.2) is 18.6 Å². The first-order valence-corrected chi connectivity index (χ1v) is 26.3. The van der Waals surface area contributed by atoms with Crippen LogP contribution < -0.4 is 13.7 Å². The summed E-state index contributed by atoms with van der Waals surface area (Å²) in [5, 5.41) is 0. The average Bonchev–Trinajstić information content (AvgIpc) is 3.93. The molecule has 364 valence electrons. The minimum atomic E-state index is 0.573. The van der Waals surface area contributed by atoms with Crippen molar-refractivity contribution in [2.45, 2.75) is 92.4 Å². The largest absolute Gasteiger partial charge is 0.212 e. The molecule has 0 unspecified atom stereocenters. The lowest BCUT2D eigenvalue weighted by Crippen LogP contribution is -2.30. The quantitative estimate of drug-likeness (QED) is 0.121. The number of aryl methyl sites for hydroxylation is 6. The van der Waals surface area contributed by atoms with Crippen molar-refractivity contribution in [1.82, 2.24) is 0 Å². The van der Waals surface area contributed by atoms with Crippen molar-refractivity contribution >= 4 is 0 Å². The highest BCUT2D eigenvalue weighted by atomic mass is 14.9. The highest BCUT2D eigenvalue weighted by Crippen LogP contribution is 2.35. The van der Waals surface area contributed by atoms with E-state index in [-0.39, 0.29) is 0 Å². The summed E-state index contributed by atoms with van der Waals surface area (Å²) in [6.45, 7) is 15.5. The Kier molecular flexibility index (Phi) is 16.9. The van der Waals surface area contributed by atoms with Gasteiger partial charge in [0.05, 0.1) is 0 Å². The zero-order chi connectivity index (χ0) is 50.7. The molecule has 0 N–H and O–H groups in total. The summed E-state index contributed by atoms with van der Waals surface area (Å²) in [4.78, 5) is 0. The molecule has 1 aliphatic carbocycles. The van der Waals surface area contributed by atoms with E-state index >= 15 is 0 Å². The van der Waals surface area contributed by atoms with Gasteiger partial charge in [0.2, 0.25) is 17.1 Å². The summed E-state index contributed by atoms with van der Waals surface area (Å²) < 4.78 is 6.68. The monoisotopic (exact) mass is 947 g/mol. The normalized spacial score (nSPS) is 12.3. The fraction of sp³-hybridized carbons (Fsp3) is 0.261. The molecule has 9 aromatic rings. The van der Waals surface area contributed by atoms with Gasteiger partial charge in [0.1, 0.15) is 21.1 Å². The number of pyridine rings is 3. The van der Waals surface area contributed by atoms with Gasteiger partial charge in [-0.25, -0.2) is 13.7 Å². The van der Waals surface area contributed by atoms with E-state index in [9.17, 15) is 0 Å². The summed E-state index contributed by atoms with van der Waals surface area (Å²) in [6.07, 6.45) is 13.3. The SMILES string of the molecule is Cc1ccccc1-c1ccc(-c2ccc(C(C)C)cc2)c[n+]1C.Cc1ccccc1-c1ccc(-c2ccc(C3CCCC3)cc2)c[n+]1C.Cc1ccccc1-c1ccc(-c2ccc(CC(C)C)cc2)c[n+]1C. The number of aromatic nitrogens is 3. The highest BCUT2D eigenvalue weighted by molar-refractivity contribution is 5.69. The van der Waals surface area contributed by atoms with Crippen LogP contribution in [0.15, 0.2) is 201 Å². The van der Waals surface area contributed by atoms with Crippen LogP contribution in [0.5, 0.6) is 0 Å². The molecule has 0 radical (unpaired) electrons. The molecule has 72 heavy (non-hydrogen) atoms. The summed E-state index contributed by atoms with van der Waals surface area (Å²) in [7, 11) is 6.38. The second-order valence-corrected chi connectivity index (χ2v) is 20.9. The van der Waals surface area contributed by atoms with Gasteiger partial charge in [-0.1, -0.05) is 168 Å². The van der Waals surface area contributed by atoms with E-state index in [0.717, 1.165) is 12.3 Å². The van der Waals surface area contributed by atoms with Gasteiger partial charge >= 0.3 is 0 Å². The maximum atomic E-state index is 2.33. The van der Waals surface area contributed by atoms with Gasteiger partial charge in [0.25, 0.3) is 0 Å². The third kappa shape index (κ3) is 12.6. The number of benzene rings is 6. The van der Waals surface area contributed by atoms with E-state index in [1.165, 1.54) is 126 Å². The van der Waals surface area contributed by atoms with Crippen molar-refractivity contribution in [3.05, 3.63) is 234 Å². The van der Waals surface area contributed by atoms with Crippen LogP contribution in [-0.4, -0.2) is 0 Å². The van der Waals surface area contributed by atoms with Crippen LogP contribution in [0.4, 0.5) is 0 Å². The Hall–Kier alpha value is -7.23. The standard InChI is InChI=1S/C24H26N.C23H26N.C22H24N/c1-18-7-3-6-10-23(18)24-16-15-22(17-25(24)2)21-13-11-20(12-14-21)19-8-4-5-9-19;1-17(2)15-19-9-11-20(12-10-19)21-13-14-23(24(4)16-21)22-8-6-5-7-18(22)3;1-16(2)18-9-11-19(12-10-18)20-13-14-22(23(4)15-20)21-8-6-5-7-17(21)3/h3,6-7,10-17,19H,4-5,8-9H2,1-2H3;5-14,16-17H,15H2,1-4H3;5-16H,1-4H3/q3*+1. The van der Waals surface area contributed by atoms with Gasteiger partial charge in [-0.3, -0.25) is 0 Å². The second-order valence-electron chi connectivity index (χ2n) is 20.9. The Balaban J connectivity index is 0.000000145. The third-order valence-electron chi connectivity index (χ3n) is 14.6. The predicted octanol–water partition coefficient (Wildman–Crippen LogP) is 16.4. The van der Waals surface area contributed by atoms with Crippen molar-refractivity contribution in [3.8, 4) is 67.2 Å². The molecule has 0 bridgehead atoms. The van der Waals surface area contributed by atoms with Gasteiger partial charge in [-0.05, 0) is 144 Å². The molecule has 1 saturated carbocycles. The van der Waals surface area contributed by atoms with E-state index in [1.807, 2.05) is 0 Å². The number of hydrogen-bond donors (Lipinski definition) is 0. The smallest absolute Gasteiger partial charge is 0.200 e. The molecule has 6 aromatic carbocycles. The van der Waals surface area contributed by atoms with E-state index in [1.54, 1.807) is 0 Å². The van der Waals surface area contributed by atoms with Crippen LogP contribution in [0.25, 0.3) is 67.2 Å². The lowest BCUT2D eigenvalue weighted by Gasteiger charge is -2.10. The zero-order valence-corrected chi connectivity index (χ0v) is 44.7.